The Labute approximate surface area is 116 Å². The molecule has 0 aromatic heterocycles. The maximum Gasteiger partial charge on any atom is 0.164 e. The third-order valence-corrected chi connectivity index (χ3v) is 2.33. The molecule has 2 aromatic rings. The molecule has 20 heavy (non-hydrogen) atoms. The number of phenols is 4. The molecule has 0 fully saturated rings. The van der Waals surface area contributed by atoms with Crippen LogP contribution in [-0.2, 0) is 0 Å². The second-order valence-corrected chi connectivity index (χ2v) is 3.71. The Hall–Kier alpha value is -2.76. The summed E-state index contributed by atoms with van der Waals surface area (Å²) in [7, 11) is 2.85. The lowest BCUT2D eigenvalue weighted by atomic mass is 10.3. The van der Waals surface area contributed by atoms with E-state index in [9.17, 15) is 0 Å². The van der Waals surface area contributed by atoms with E-state index in [1.165, 1.54) is 50.6 Å². The number of hydrogen-bond acceptors (Lipinski definition) is 6. The van der Waals surface area contributed by atoms with Gasteiger partial charge in [-0.05, 0) is 24.3 Å². The number of aromatic hydroxyl groups is 4. The number of rotatable bonds is 2. The van der Waals surface area contributed by atoms with Gasteiger partial charge >= 0.3 is 0 Å². The van der Waals surface area contributed by atoms with Crippen molar-refractivity contribution in [3.63, 3.8) is 0 Å². The average molecular weight is 280 g/mol. The van der Waals surface area contributed by atoms with Crippen molar-refractivity contribution in [3.05, 3.63) is 36.4 Å². The minimum Gasteiger partial charge on any atom is -0.508 e. The summed E-state index contributed by atoms with van der Waals surface area (Å²) in [5.74, 6) is 0.768. The first-order chi connectivity index (χ1) is 9.47. The molecule has 0 saturated carbocycles. The molecule has 0 aliphatic rings. The van der Waals surface area contributed by atoms with Crippen molar-refractivity contribution in [2.45, 2.75) is 0 Å². The van der Waals surface area contributed by atoms with Gasteiger partial charge in [-0.3, -0.25) is 0 Å². The largest absolute Gasteiger partial charge is 0.508 e. The Bertz CT molecular complexity index is 516. The smallest absolute Gasteiger partial charge is 0.164 e. The maximum absolute atomic E-state index is 9.00. The molecule has 0 amide bonds. The quantitative estimate of drug-likeness (QED) is 0.629. The molecule has 0 saturated heterocycles. The second kappa shape index (κ2) is 6.98. The van der Waals surface area contributed by atoms with E-state index in [1.807, 2.05) is 0 Å². The van der Waals surface area contributed by atoms with Gasteiger partial charge in [-0.25, -0.2) is 0 Å². The molecule has 4 N–H and O–H groups in total. The number of ether oxygens (including phenoxy) is 2. The molecule has 0 bridgehead atoms. The molecule has 0 aliphatic carbocycles. The molecule has 0 spiro atoms. The fourth-order valence-corrected chi connectivity index (χ4v) is 1.33. The predicted octanol–water partition coefficient (Wildman–Crippen LogP) is 2.21. The average Bonchev–Trinajstić information content (AvgIpc) is 2.44. The number of phenolic OH excluding ortho intramolecular Hbond substituents is 4. The van der Waals surface area contributed by atoms with Crippen molar-refractivity contribution in [1.29, 1.82) is 0 Å². The predicted molar refractivity (Wildman–Crippen MR) is 72.6 cm³/mol. The SMILES string of the molecule is COc1cc(O)ccc1O.COc1cc(O)ccc1O. The standard InChI is InChI=1S/2C7H8O3/c2*1-10-7-4-5(8)2-3-6(7)9/h2*2-4,8-9H,1H3. The van der Waals surface area contributed by atoms with Gasteiger partial charge < -0.3 is 29.9 Å². The maximum atomic E-state index is 9.00. The van der Waals surface area contributed by atoms with Crippen LogP contribution >= 0.6 is 0 Å². The Kier molecular flexibility index (Phi) is 5.34. The van der Waals surface area contributed by atoms with Gasteiger partial charge in [0.25, 0.3) is 0 Å². The van der Waals surface area contributed by atoms with Crippen molar-refractivity contribution in [2.75, 3.05) is 14.2 Å². The van der Waals surface area contributed by atoms with E-state index in [4.69, 9.17) is 29.9 Å². The van der Waals surface area contributed by atoms with E-state index in [2.05, 4.69) is 0 Å². The van der Waals surface area contributed by atoms with Crippen LogP contribution in [0.3, 0.4) is 0 Å². The van der Waals surface area contributed by atoms with Gasteiger partial charge in [-0.15, -0.1) is 0 Å². The lowest BCUT2D eigenvalue weighted by Gasteiger charge is -2.01. The number of hydrogen-bond donors (Lipinski definition) is 4. The molecule has 6 heteroatoms. The highest BCUT2D eigenvalue weighted by molar-refractivity contribution is 5.44. The first-order valence-corrected chi connectivity index (χ1v) is 5.60. The molecular weight excluding hydrogens is 264 g/mol. The number of benzene rings is 2. The van der Waals surface area contributed by atoms with Crippen LogP contribution in [0.25, 0.3) is 0 Å². The van der Waals surface area contributed by atoms with Crippen LogP contribution in [0, 0.1) is 0 Å². The van der Waals surface area contributed by atoms with E-state index >= 15 is 0 Å². The Morgan fingerprint density at radius 1 is 0.650 bits per heavy atom. The number of methoxy groups -OCH3 is 2. The molecule has 2 aromatic carbocycles. The first-order valence-electron chi connectivity index (χ1n) is 5.60. The van der Waals surface area contributed by atoms with Crippen molar-refractivity contribution < 1.29 is 29.9 Å². The molecule has 0 unspecified atom stereocenters. The van der Waals surface area contributed by atoms with Crippen molar-refractivity contribution in [3.8, 4) is 34.5 Å². The van der Waals surface area contributed by atoms with Crippen molar-refractivity contribution in [1.82, 2.24) is 0 Å². The van der Waals surface area contributed by atoms with Crippen LogP contribution < -0.4 is 9.47 Å². The van der Waals surface area contributed by atoms with E-state index in [-0.39, 0.29) is 34.5 Å². The normalized spacial score (nSPS) is 9.30. The summed E-state index contributed by atoms with van der Waals surface area (Å²) in [6.45, 7) is 0. The molecule has 0 aliphatic heterocycles. The van der Waals surface area contributed by atoms with Crippen LogP contribution in [-0.4, -0.2) is 34.6 Å². The summed E-state index contributed by atoms with van der Waals surface area (Å²) < 4.78 is 9.43. The lowest BCUT2D eigenvalue weighted by Crippen LogP contribution is -1.81. The summed E-state index contributed by atoms with van der Waals surface area (Å²) in [5.41, 5.74) is 0. The minimum absolute atomic E-state index is 0.0281. The zero-order chi connectivity index (χ0) is 15.1. The summed E-state index contributed by atoms with van der Waals surface area (Å²) in [6, 6.07) is 8.20. The van der Waals surface area contributed by atoms with E-state index in [0.29, 0.717) is 0 Å². The molecular formula is C14H16O6. The van der Waals surface area contributed by atoms with Gasteiger partial charge in [-0.2, -0.15) is 0 Å². The highest BCUT2D eigenvalue weighted by Gasteiger charge is 2.00. The van der Waals surface area contributed by atoms with Gasteiger partial charge in [0.05, 0.1) is 14.2 Å². The van der Waals surface area contributed by atoms with Gasteiger partial charge in [0.1, 0.15) is 11.5 Å². The zero-order valence-corrected chi connectivity index (χ0v) is 11.1. The highest BCUT2D eigenvalue weighted by atomic mass is 16.5. The Morgan fingerprint density at radius 3 is 1.25 bits per heavy atom. The molecule has 0 heterocycles. The molecule has 0 radical (unpaired) electrons. The first kappa shape index (κ1) is 15.3. The van der Waals surface area contributed by atoms with Gasteiger partial charge in [0.15, 0.2) is 23.0 Å². The second-order valence-electron chi connectivity index (χ2n) is 3.71. The lowest BCUT2D eigenvalue weighted by molar-refractivity contribution is 0.368. The molecule has 0 atom stereocenters. The van der Waals surface area contributed by atoms with Crippen LogP contribution in [0.1, 0.15) is 0 Å². The highest BCUT2D eigenvalue weighted by Crippen LogP contribution is 2.29. The Balaban J connectivity index is 0.000000200. The van der Waals surface area contributed by atoms with Crippen molar-refractivity contribution >= 4 is 0 Å². The fourth-order valence-electron chi connectivity index (χ4n) is 1.33. The van der Waals surface area contributed by atoms with E-state index in [0.717, 1.165) is 0 Å². The van der Waals surface area contributed by atoms with Crippen LogP contribution in [0.4, 0.5) is 0 Å². The van der Waals surface area contributed by atoms with Crippen LogP contribution in [0.2, 0.25) is 0 Å². The molecule has 2 rings (SSSR count). The third kappa shape index (κ3) is 4.16. The summed E-state index contributed by atoms with van der Waals surface area (Å²) in [4.78, 5) is 0. The Morgan fingerprint density at radius 2 is 1.00 bits per heavy atom. The molecule has 108 valence electrons. The fraction of sp³-hybridized carbons (Fsp3) is 0.143. The monoisotopic (exact) mass is 280 g/mol. The van der Waals surface area contributed by atoms with E-state index < -0.39 is 0 Å². The summed E-state index contributed by atoms with van der Waals surface area (Å²) in [6.07, 6.45) is 0. The van der Waals surface area contributed by atoms with Crippen LogP contribution in [0.15, 0.2) is 36.4 Å². The summed E-state index contributed by atoms with van der Waals surface area (Å²) in [5, 5.41) is 35.8. The van der Waals surface area contributed by atoms with Gasteiger partial charge in [-0.1, -0.05) is 0 Å². The molecule has 6 nitrogen and oxygen atoms in total. The van der Waals surface area contributed by atoms with E-state index in [1.54, 1.807) is 0 Å². The van der Waals surface area contributed by atoms with Crippen molar-refractivity contribution in [2.24, 2.45) is 0 Å². The summed E-state index contributed by atoms with van der Waals surface area (Å²) >= 11 is 0. The minimum atomic E-state index is 0.0281. The van der Waals surface area contributed by atoms with Crippen LogP contribution in [0.5, 0.6) is 34.5 Å². The van der Waals surface area contributed by atoms with Gasteiger partial charge in [0.2, 0.25) is 0 Å². The van der Waals surface area contributed by atoms with Gasteiger partial charge in [0, 0.05) is 12.1 Å². The zero-order valence-electron chi connectivity index (χ0n) is 11.1. The third-order valence-electron chi connectivity index (χ3n) is 2.33. The topological polar surface area (TPSA) is 99.4 Å².